The van der Waals surface area contributed by atoms with E-state index in [4.69, 9.17) is 14.2 Å². The molecule has 46 heavy (non-hydrogen) atoms. The number of nitrogens with one attached hydrogen (secondary N) is 1. The highest BCUT2D eigenvalue weighted by Crippen LogP contribution is 2.61. The number of carbonyl (C=O) groups is 4. The molecule has 3 amide bonds. The number of amides is 3. The molecule has 0 aromatic heterocycles. The zero-order valence-electron chi connectivity index (χ0n) is 27.0. The first-order valence-corrected chi connectivity index (χ1v) is 16.8. The molecule has 1 spiro atoms. The summed E-state index contributed by atoms with van der Waals surface area (Å²) in [7, 11) is 1.56. The molecule has 11 nitrogen and oxygen atoms in total. The summed E-state index contributed by atoms with van der Waals surface area (Å²) in [5.41, 5.74) is -0.768. The van der Waals surface area contributed by atoms with E-state index in [1.807, 2.05) is 13.8 Å². The maximum absolute atomic E-state index is 14.8. The number of hydrogen-bond acceptors (Lipinski definition) is 8. The van der Waals surface area contributed by atoms with Crippen molar-refractivity contribution >= 4 is 45.3 Å². The van der Waals surface area contributed by atoms with Gasteiger partial charge in [0.1, 0.15) is 23.5 Å². The van der Waals surface area contributed by atoms with E-state index in [0.29, 0.717) is 30.7 Å². The number of halogens is 1. The summed E-state index contributed by atoms with van der Waals surface area (Å²) in [6, 6.07) is 5.19. The lowest BCUT2D eigenvalue weighted by molar-refractivity contribution is -0.160. The van der Waals surface area contributed by atoms with Crippen LogP contribution in [0.15, 0.2) is 49.6 Å². The number of likely N-dealkylation sites (tertiary alicyclic amines) is 1. The van der Waals surface area contributed by atoms with Gasteiger partial charge in [0, 0.05) is 23.5 Å². The third kappa shape index (κ3) is 6.61. The normalized spacial score (nSPS) is 28.2. The van der Waals surface area contributed by atoms with Gasteiger partial charge in [-0.15, -0.1) is 13.2 Å². The minimum absolute atomic E-state index is 0.105. The van der Waals surface area contributed by atoms with Crippen LogP contribution in [0.25, 0.3) is 0 Å². The van der Waals surface area contributed by atoms with E-state index < -0.39 is 59.5 Å². The molecule has 1 unspecified atom stereocenters. The van der Waals surface area contributed by atoms with E-state index in [0.717, 1.165) is 0 Å². The van der Waals surface area contributed by atoms with Crippen LogP contribution in [0.3, 0.4) is 0 Å². The number of nitrogens with zero attached hydrogens (tertiary/aromatic N) is 2. The van der Waals surface area contributed by atoms with Crippen molar-refractivity contribution in [3.63, 3.8) is 0 Å². The van der Waals surface area contributed by atoms with Gasteiger partial charge in [-0.2, -0.15) is 0 Å². The number of anilines is 1. The lowest BCUT2D eigenvalue weighted by atomic mass is 9.70. The summed E-state index contributed by atoms with van der Waals surface area (Å²) < 4.78 is 17.7. The molecule has 1 aromatic carbocycles. The topological polar surface area (TPSA) is 135 Å². The molecule has 3 aliphatic heterocycles. The predicted molar refractivity (Wildman–Crippen MR) is 176 cm³/mol. The fourth-order valence-corrected chi connectivity index (χ4v) is 7.99. The highest BCUT2D eigenvalue weighted by Gasteiger charge is 2.77. The van der Waals surface area contributed by atoms with Crippen LogP contribution in [0.4, 0.5) is 5.69 Å². The number of aliphatic hydroxyl groups is 1. The Morgan fingerprint density at radius 3 is 2.52 bits per heavy atom. The molecule has 9 atom stereocenters. The number of alkyl halides is 1. The van der Waals surface area contributed by atoms with Gasteiger partial charge in [0.15, 0.2) is 0 Å². The molecule has 252 valence electrons. The van der Waals surface area contributed by atoms with Gasteiger partial charge in [0.25, 0.3) is 5.91 Å². The van der Waals surface area contributed by atoms with E-state index in [1.165, 1.54) is 4.90 Å². The second kappa shape index (κ2) is 15.1. The molecule has 12 heteroatoms. The van der Waals surface area contributed by atoms with Crippen LogP contribution < -0.4 is 15.0 Å². The van der Waals surface area contributed by atoms with Crippen LogP contribution in [0.1, 0.15) is 46.5 Å². The SMILES string of the molecule is C=CCCC(=O)NC[C@@H](C)OC(=O)[C@H]1[C@@H]2O[C@@]3(CC2Br)[C@@H]1C(=O)N([C@@H](CO)[C@@H](C)CC)[C@@H]3C(=O)N(CC=C)c1ccc(OC)cc1. The van der Waals surface area contributed by atoms with Gasteiger partial charge in [0.2, 0.25) is 11.8 Å². The number of carbonyl (C=O) groups excluding carboxylic acids is 4. The van der Waals surface area contributed by atoms with Crippen molar-refractivity contribution in [2.24, 2.45) is 17.8 Å². The second-order valence-electron chi connectivity index (χ2n) is 12.4. The Balaban J connectivity index is 1.71. The Labute approximate surface area is 279 Å². The first-order chi connectivity index (χ1) is 22.0. The van der Waals surface area contributed by atoms with Crippen molar-refractivity contribution in [2.75, 3.05) is 31.7 Å². The lowest BCUT2D eigenvalue weighted by Gasteiger charge is -2.41. The predicted octanol–water partition coefficient (Wildman–Crippen LogP) is 3.38. The monoisotopic (exact) mass is 703 g/mol. The minimum Gasteiger partial charge on any atom is -0.497 e. The first kappa shape index (κ1) is 35.6. The Kier molecular flexibility index (Phi) is 11.7. The number of benzene rings is 1. The molecule has 3 heterocycles. The summed E-state index contributed by atoms with van der Waals surface area (Å²) in [5.74, 6) is -3.15. The first-order valence-electron chi connectivity index (χ1n) is 15.9. The molecular weight excluding hydrogens is 658 g/mol. The maximum atomic E-state index is 14.8. The number of aliphatic hydroxyl groups excluding tert-OH is 1. The van der Waals surface area contributed by atoms with Crippen molar-refractivity contribution in [2.45, 2.75) is 81.2 Å². The van der Waals surface area contributed by atoms with Crippen LogP contribution in [0.2, 0.25) is 0 Å². The van der Waals surface area contributed by atoms with Crippen molar-refractivity contribution in [3.8, 4) is 5.75 Å². The molecule has 3 saturated heterocycles. The molecule has 3 aliphatic rings. The van der Waals surface area contributed by atoms with E-state index in [2.05, 4.69) is 34.4 Å². The number of esters is 1. The average molecular weight is 705 g/mol. The number of ether oxygens (including phenoxy) is 3. The van der Waals surface area contributed by atoms with Crippen LogP contribution in [-0.2, 0) is 28.7 Å². The standard InChI is InChI=1S/C34H46BrN3O8/c1-7-10-11-26(40)36-18-21(5)45-33(43)27-28-31(41)38(25(19-39)20(4)9-3)30(34(28)17-24(35)29(27)46-34)32(42)37(16-8-2)22-12-14-23(44-6)15-13-22/h7-8,12-15,20-21,24-25,27-30,39H,1-2,9-11,16-19H2,3-6H3,(H,36,40)/t20-,21+,24?,25-,27+,28-,29+,30+,34-/m0/s1. The fraction of sp³-hybridized carbons (Fsp3) is 0.588. The van der Waals surface area contributed by atoms with Crippen LogP contribution in [0.5, 0.6) is 5.75 Å². The molecular formula is C34H46BrN3O8. The molecule has 0 aliphatic carbocycles. The zero-order valence-corrected chi connectivity index (χ0v) is 28.6. The van der Waals surface area contributed by atoms with Crippen molar-refractivity contribution < 1.29 is 38.5 Å². The van der Waals surface area contributed by atoms with Crippen molar-refractivity contribution in [1.29, 1.82) is 0 Å². The van der Waals surface area contributed by atoms with Crippen molar-refractivity contribution in [1.82, 2.24) is 10.2 Å². The Bertz CT molecular complexity index is 1310. The maximum Gasteiger partial charge on any atom is 0.312 e. The number of allylic oxidation sites excluding steroid dienone is 1. The second-order valence-corrected chi connectivity index (χ2v) is 13.5. The third-order valence-corrected chi connectivity index (χ3v) is 10.4. The largest absolute Gasteiger partial charge is 0.497 e. The van der Waals surface area contributed by atoms with Gasteiger partial charge in [0.05, 0.1) is 44.2 Å². The lowest BCUT2D eigenvalue weighted by Crippen LogP contribution is -2.60. The van der Waals surface area contributed by atoms with Gasteiger partial charge in [-0.05, 0) is 49.9 Å². The summed E-state index contributed by atoms with van der Waals surface area (Å²) in [6.45, 7) is 12.9. The van der Waals surface area contributed by atoms with Gasteiger partial charge in [-0.3, -0.25) is 19.2 Å². The Morgan fingerprint density at radius 1 is 1.24 bits per heavy atom. The van der Waals surface area contributed by atoms with Gasteiger partial charge in [-0.25, -0.2) is 0 Å². The van der Waals surface area contributed by atoms with E-state index >= 15 is 0 Å². The molecule has 0 saturated carbocycles. The quantitative estimate of drug-likeness (QED) is 0.152. The van der Waals surface area contributed by atoms with E-state index in [-0.39, 0.29) is 42.8 Å². The summed E-state index contributed by atoms with van der Waals surface area (Å²) in [5, 5.41) is 13.4. The molecule has 4 rings (SSSR count). The van der Waals surface area contributed by atoms with Crippen molar-refractivity contribution in [3.05, 3.63) is 49.6 Å². The van der Waals surface area contributed by atoms with E-state index in [1.54, 1.807) is 55.4 Å². The smallest absolute Gasteiger partial charge is 0.312 e. The van der Waals surface area contributed by atoms with Gasteiger partial charge in [-0.1, -0.05) is 48.4 Å². The molecule has 1 aromatic rings. The number of rotatable bonds is 16. The number of hydrogen-bond donors (Lipinski definition) is 2. The summed E-state index contributed by atoms with van der Waals surface area (Å²) in [4.78, 5) is 58.0. The zero-order chi connectivity index (χ0) is 33.8. The third-order valence-electron chi connectivity index (χ3n) is 9.52. The highest BCUT2D eigenvalue weighted by atomic mass is 79.9. The minimum atomic E-state index is -1.34. The molecule has 0 radical (unpaired) electrons. The Morgan fingerprint density at radius 2 is 1.93 bits per heavy atom. The van der Waals surface area contributed by atoms with E-state index in [9.17, 15) is 24.3 Å². The average Bonchev–Trinajstić information content (AvgIpc) is 3.65. The van der Waals surface area contributed by atoms with Gasteiger partial charge >= 0.3 is 5.97 Å². The van der Waals surface area contributed by atoms with Crippen LogP contribution in [0, 0.1) is 17.8 Å². The number of fused-ring (bicyclic) bond motifs is 1. The van der Waals surface area contributed by atoms with Crippen LogP contribution in [-0.4, -0.2) is 95.2 Å². The Hall–Kier alpha value is -3.22. The number of methoxy groups -OCH3 is 1. The summed E-state index contributed by atoms with van der Waals surface area (Å²) in [6.07, 6.45) is 3.65. The molecule has 2 N–H and O–H groups in total. The summed E-state index contributed by atoms with van der Waals surface area (Å²) >= 11 is 3.69. The fourth-order valence-electron chi connectivity index (χ4n) is 7.05. The highest BCUT2D eigenvalue weighted by molar-refractivity contribution is 9.09. The molecule has 2 bridgehead atoms. The van der Waals surface area contributed by atoms with Crippen LogP contribution >= 0.6 is 15.9 Å². The van der Waals surface area contributed by atoms with Gasteiger partial charge < -0.3 is 34.4 Å². The molecule has 3 fully saturated rings.